The van der Waals surface area contributed by atoms with Crippen LogP contribution >= 0.6 is 0 Å². The van der Waals surface area contributed by atoms with Crippen molar-refractivity contribution in [1.82, 2.24) is 15.0 Å². The lowest BCUT2D eigenvalue weighted by Gasteiger charge is -2.08. The Hall–Kier alpha value is -3.18. The van der Waals surface area contributed by atoms with Gasteiger partial charge in [0.25, 0.3) is 5.91 Å². The van der Waals surface area contributed by atoms with E-state index in [9.17, 15) is 4.79 Å². The molecule has 1 amide bonds. The highest BCUT2D eigenvalue weighted by atomic mass is 16.5. The predicted octanol–water partition coefficient (Wildman–Crippen LogP) is 3.27. The van der Waals surface area contributed by atoms with Gasteiger partial charge in [-0.2, -0.15) is 0 Å². The number of benzene rings is 2. The largest absolute Gasteiger partial charge is 0.333 e. The summed E-state index contributed by atoms with van der Waals surface area (Å²) >= 11 is 0. The molecular weight excluding hydrogens is 302 g/mol. The van der Waals surface area contributed by atoms with E-state index in [1.54, 1.807) is 17.9 Å². The molecule has 5 heteroatoms. The number of imidazole rings is 1. The number of aryl methyl sites for hydroxylation is 1. The summed E-state index contributed by atoms with van der Waals surface area (Å²) in [4.78, 5) is 15.7. The van der Waals surface area contributed by atoms with Crippen LogP contribution in [0.4, 0.5) is 0 Å². The highest BCUT2D eigenvalue weighted by Crippen LogP contribution is 2.31. The molecule has 0 aliphatic rings. The number of aromatic nitrogens is 2. The van der Waals surface area contributed by atoms with E-state index in [2.05, 4.69) is 4.98 Å². The normalized spacial score (nSPS) is 10.9. The van der Waals surface area contributed by atoms with Crippen molar-refractivity contribution in [3.63, 3.8) is 0 Å². The van der Waals surface area contributed by atoms with E-state index in [0.29, 0.717) is 0 Å². The molecule has 0 atom stereocenters. The van der Waals surface area contributed by atoms with Crippen molar-refractivity contribution in [3.05, 3.63) is 72.6 Å². The third-order valence-electron chi connectivity index (χ3n) is 3.68. The Morgan fingerprint density at radius 3 is 2.62 bits per heavy atom. The molecule has 0 aliphatic heterocycles. The fraction of sp³-hybridized carbons (Fsp3) is 0.0526. The Labute approximate surface area is 139 Å². The molecule has 0 aliphatic carbocycles. The van der Waals surface area contributed by atoms with Crippen molar-refractivity contribution in [2.75, 3.05) is 0 Å². The highest BCUT2D eigenvalue weighted by Gasteiger charge is 2.13. The molecule has 24 heavy (non-hydrogen) atoms. The summed E-state index contributed by atoms with van der Waals surface area (Å²) in [6.45, 7) is 0. The Morgan fingerprint density at radius 2 is 1.88 bits per heavy atom. The van der Waals surface area contributed by atoms with Gasteiger partial charge in [0, 0.05) is 24.3 Å². The molecule has 3 aromatic rings. The summed E-state index contributed by atoms with van der Waals surface area (Å²) < 4.78 is 1.98. The van der Waals surface area contributed by atoms with Crippen LogP contribution in [0.1, 0.15) is 5.56 Å². The van der Waals surface area contributed by atoms with Crippen molar-refractivity contribution in [2.24, 2.45) is 7.05 Å². The standard InChI is InChI=1S/C19H17N3O2/c1-22-13-20-18(15-7-3-2-4-8-15)19(22)16-9-5-6-14(12-16)10-11-17(23)21-24/h2-13,24H,1H3,(H,21,23)/b11-10+. The second-order valence-corrected chi connectivity index (χ2v) is 5.35. The number of nitrogens with one attached hydrogen (secondary N) is 1. The van der Waals surface area contributed by atoms with E-state index in [0.717, 1.165) is 28.1 Å². The third-order valence-corrected chi connectivity index (χ3v) is 3.68. The van der Waals surface area contributed by atoms with Gasteiger partial charge in [-0.1, -0.05) is 48.5 Å². The zero-order valence-electron chi connectivity index (χ0n) is 13.2. The molecule has 0 radical (unpaired) electrons. The molecule has 120 valence electrons. The Kier molecular flexibility index (Phi) is 4.54. The number of nitrogens with zero attached hydrogens (tertiary/aromatic N) is 2. The van der Waals surface area contributed by atoms with Crippen LogP contribution < -0.4 is 5.48 Å². The first-order valence-corrected chi connectivity index (χ1v) is 7.48. The number of carbonyl (C=O) groups excluding carboxylic acids is 1. The van der Waals surface area contributed by atoms with Crippen molar-refractivity contribution < 1.29 is 10.0 Å². The average Bonchev–Trinajstić information content (AvgIpc) is 3.02. The van der Waals surface area contributed by atoms with E-state index < -0.39 is 5.91 Å². The van der Waals surface area contributed by atoms with E-state index in [4.69, 9.17) is 5.21 Å². The molecule has 0 spiro atoms. The minimum Gasteiger partial charge on any atom is -0.333 e. The number of amides is 1. The van der Waals surface area contributed by atoms with Gasteiger partial charge in [-0.25, -0.2) is 10.5 Å². The van der Waals surface area contributed by atoms with Gasteiger partial charge in [0.05, 0.1) is 17.7 Å². The first-order chi connectivity index (χ1) is 11.7. The van der Waals surface area contributed by atoms with E-state index >= 15 is 0 Å². The Morgan fingerprint density at radius 1 is 1.12 bits per heavy atom. The molecule has 2 N–H and O–H groups in total. The molecule has 2 aromatic carbocycles. The lowest BCUT2D eigenvalue weighted by Crippen LogP contribution is -2.14. The van der Waals surface area contributed by atoms with Gasteiger partial charge in [-0.15, -0.1) is 0 Å². The Bertz CT molecular complexity index is 883. The summed E-state index contributed by atoms with van der Waals surface area (Å²) in [6.07, 6.45) is 4.72. The number of hydrogen-bond donors (Lipinski definition) is 2. The minimum absolute atomic E-state index is 0.564. The van der Waals surface area contributed by atoms with Gasteiger partial charge in [0.1, 0.15) is 0 Å². The molecule has 1 heterocycles. The zero-order chi connectivity index (χ0) is 16.9. The minimum atomic E-state index is -0.564. The molecule has 0 saturated heterocycles. The molecule has 5 nitrogen and oxygen atoms in total. The zero-order valence-corrected chi connectivity index (χ0v) is 13.2. The van der Waals surface area contributed by atoms with Crippen molar-refractivity contribution in [2.45, 2.75) is 0 Å². The molecule has 3 rings (SSSR count). The van der Waals surface area contributed by atoms with Crippen molar-refractivity contribution in [3.8, 4) is 22.5 Å². The SMILES string of the molecule is Cn1cnc(-c2ccccc2)c1-c1cccc(/C=C/C(=O)NO)c1. The molecule has 0 bridgehead atoms. The van der Waals surface area contributed by atoms with Crippen LogP contribution in [-0.2, 0) is 11.8 Å². The number of carbonyl (C=O) groups is 1. The van der Waals surface area contributed by atoms with Crippen LogP contribution in [0.3, 0.4) is 0 Å². The smallest absolute Gasteiger partial charge is 0.267 e. The number of rotatable bonds is 4. The number of hydrogen-bond acceptors (Lipinski definition) is 3. The maximum absolute atomic E-state index is 11.1. The summed E-state index contributed by atoms with van der Waals surface area (Å²) in [6, 6.07) is 17.8. The van der Waals surface area contributed by atoms with Crippen LogP contribution in [0.2, 0.25) is 0 Å². The fourth-order valence-corrected chi connectivity index (χ4v) is 2.58. The maximum Gasteiger partial charge on any atom is 0.267 e. The van der Waals surface area contributed by atoms with Gasteiger partial charge in [0.15, 0.2) is 0 Å². The van der Waals surface area contributed by atoms with Crippen molar-refractivity contribution >= 4 is 12.0 Å². The van der Waals surface area contributed by atoms with Gasteiger partial charge < -0.3 is 4.57 Å². The summed E-state index contributed by atoms with van der Waals surface area (Å²) in [5.41, 5.74) is 6.40. The van der Waals surface area contributed by atoms with Crippen LogP contribution in [0.5, 0.6) is 0 Å². The highest BCUT2D eigenvalue weighted by molar-refractivity contribution is 5.91. The lowest BCUT2D eigenvalue weighted by atomic mass is 10.0. The second-order valence-electron chi connectivity index (χ2n) is 5.35. The topological polar surface area (TPSA) is 67.2 Å². The van der Waals surface area contributed by atoms with Gasteiger partial charge >= 0.3 is 0 Å². The monoisotopic (exact) mass is 319 g/mol. The Balaban J connectivity index is 2.03. The molecule has 0 fully saturated rings. The lowest BCUT2D eigenvalue weighted by molar-refractivity contribution is -0.124. The first kappa shape index (κ1) is 15.7. The third kappa shape index (κ3) is 3.26. The molecule has 0 saturated carbocycles. The second kappa shape index (κ2) is 6.93. The molecule has 0 unspecified atom stereocenters. The average molecular weight is 319 g/mol. The van der Waals surface area contributed by atoms with Gasteiger partial charge in [-0.3, -0.25) is 10.0 Å². The quantitative estimate of drug-likeness (QED) is 0.440. The summed E-state index contributed by atoms with van der Waals surface area (Å²) in [5, 5.41) is 8.55. The maximum atomic E-state index is 11.1. The summed E-state index contributed by atoms with van der Waals surface area (Å²) in [7, 11) is 1.95. The van der Waals surface area contributed by atoms with Crippen LogP contribution in [0.25, 0.3) is 28.6 Å². The van der Waals surface area contributed by atoms with Crippen LogP contribution in [0.15, 0.2) is 67.0 Å². The van der Waals surface area contributed by atoms with E-state index in [1.165, 1.54) is 6.08 Å². The van der Waals surface area contributed by atoms with Gasteiger partial charge in [0.2, 0.25) is 0 Å². The molecular formula is C19H17N3O2. The van der Waals surface area contributed by atoms with Crippen LogP contribution in [0, 0.1) is 0 Å². The van der Waals surface area contributed by atoms with E-state index in [1.807, 2.05) is 66.2 Å². The van der Waals surface area contributed by atoms with Gasteiger partial charge in [-0.05, 0) is 17.7 Å². The predicted molar refractivity (Wildman–Crippen MR) is 93.0 cm³/mol. The van der Waals surface area contributed by atoms with Crippen molar-refractivity contribution in [1.29, 1.82) is 0 Å². The van der Waals surface area contributed by atoms with E-state index in [-0.39, 0.29) is 0 Å². The molecule has 1 aromatic heterocycles. The number of hydroxylamine groups is 1. The first-order valence-electron chi connectivity index (χ1n) is 7.48. The fourth-order valence-electron chi connectivity index (χ4n) is 2.58. The van der Waals surface area contributed by atoms with Crippen LogP contribution in [-0.4, -0.2) is 20.7 Å². The summed E-state index contributed by atoms with van der Waals surface area (Å²) in [5.74, 6) is -0.564.